The van der Waals surface area contributed by atoms with Crippen molar-refractivity contribution >= 4 is 33.2 Å². The second-order valence-electron chi connectivity index (χ2n) is 6.80. The van der Waals surface area contributed by atoms with Crippen molar-refractivity contribution in [3.63, 3.8) is 0 Å². The Kier molecular flexibility index (Phi) is 6.37. The number of rotatable bonds is 6. The van der Waals surface area contributed by atoms with Gasteiger partial charge in [0.1, 0.15) is 4.21 Å². The number of hydrogen-bond donors (Lipinski definition) is 2. The first kappa shape index (κ1) is 21.4. The van der Waals surface area contributed by atoms with Crippen LogP contribution in [0.2, 0.25) is 0 Å². The number of nitrogens with two attached hydrogens (primary N) is 1. The molecule has 1 aromatic heterocycles. The quantitative estimate of drug-likeness (QED) is 0.699. The monoisotopic (exact) mass is 436 g/mol. The van der Waals surface area contributed by atoms with Crippen molar-refractivity contribution in [1.29, 1.82) is 0 Å². The molecule has 3 rings (SSSR count). The van der Waals surface area contributed by atoms with E-state index in [2.05, 4.69) is 5.32 Å². The summed E-state index contributed by atoms with van der Waals surface area (Å²) < 4.78 is 27.4. The van der Waals surface area contributed by atoms with Crippen LogP contribution >= 0.6 is 11.3 Å². The van der Waals surface area contributed by atoms with Gasteiger partial charge in [-0.05, 0) is 48.6 Å². The maximum absolute atomic E-state index is 13.2. The molecule has 3 N–H and O–H groups in total. The molecule has 10 heteroatoms. The molecule has 1 fully saturated rings. The third-order valence-electron chi connectivity index (χ3n) is 4.88. The summed E-state index contributed by atoms with van der Waals surface area (Å²) in [7, 11) is -3.91. The van der Waals surface area contributed by atoms with Crippen molar-refractivity contribution in [2.75, 3.05) is 26.2 Å². The van der Waals surface area contributed by atoms with Crippen LogP contribution in [0.15, 0.2) is 39.9 Å². The normalized spacial score (nSPS) is 17.5. The fourth-order valence-electron chi connectivity index (χ4n) is 3.20. The van der Waals surface area contributed by atoms with Gasteiger partial charge in [0, 0.05) is 31.7 Å². The van der Waals surface area contributed by atoms with Crippen LogP contribution in [0.3, 0.4) is 0 Å². The van der Waals surface area contributed by atoms with Gasteiger partial charge in [0.15, 0.2) is 6.17 Å². The Bertz CT molecular complexity index is 1010. The lowest BCUT2D eigenvalue weighted by Crippen LogP contribution is -2.54. The molecule has 1 unspecified atom stereocenters. The van der Waals surface area contributed by atoms with Crippen LogP contribution in [-0.4, -0.2) is 61.8 Å². The molecule has 0 bridgehead atoms. The predicted octanol–water partition coefficient (Wildman–Crippen LogP) is 0.913. The Hall–Kier alpha value is -2.27. The molecule has 1 aliphatic rings. The lowest BCUT2D eigenvalue weighted by Gasteiger charge is -2.28. The highest BCUT2D eigenvalue weighted by Gasteiger charge is 2.46. The van der Waals surface area contributed by atoms with Gasteiger partial charge in [-0.1, -0.05) is 12.1 Å². The maximum atomic E-state index is 13.2. The summed E-state index contributed by atoms with van der Waals surface area (Å²) >= 11 is 1.07. The number of carbonyl (C=O) groups is 2. The van der Waals surface area contributed by atoms with Crippen LogP contribution in [0.1, 0.15) is 21.5 Å². The first-order valence-electron chi connectivity index (χ1n) is 9.18. The van der Waals surface area contributed by atoms with E-state index in [1.165, 1.54) is 11.0 Å². The molecule has 8 nitrogen and oxygen atoms in total. The Morgan fingerprint density at radius 2 is 1.97 bits per heavy atom. The van der Waals surface area contributed by atoms with Crippen molar-refractivity contribution in [2.24, 2.45) is 5.73 Å². The lowest BCUT2D eigenvalue weighted by atomic mass is 10.1. The van der Waals surface area contributed by atoms with Crippen molar-refractivity contribution in [1.82, 2.24) is 14.5 Å². The third kappa shape index (κ3) is 4.20. The first-order valence-corrected chi connectivity index (χ1v) is 11.5. The Balaban J connectivity index is 1.97. The molecular formula is C19H24N4O4S2. The van der Waals surface area contributed by atoms with Crippen LogP contribution in [-0.2, 0) is 14.8 Å². The van der Waals surface area contributed by atoms with Gasteiger partial charge in [0.2, 0.25) is 0 Å². The molecule has 2 amide bonds. The highest BCUT2D eigenvalue weighted by molar-refractivity contribution is 7.91. The van der Waals surface area contributed by atoms with E-state index in [1.807, 2.05) is 19.9 Å². The smallest absolute Gasteiger partial charge is 0.259 e. The number of carbonyl (C=O) groups excluding carboxylic acids is 2. The summed E-state index contributed by atoms with van der Waals surface area (Å²) in [5.74, 6) is -0.949. The zero-order chi connectivity index (χ0) is 21.2. The molecule has 0 spiro atoms. The number of amides is 2. The molecule has 0 aliphatic carbocycles. The topological polar surface area (TPSA) is 113 Å². The van der Waals surface area contributed by atoms with Crippen molar-refractivity contribution in [3.05, 3.63) is 52.4 Å². The lowest BCUT2D eigenvalue weighted by molar-refractivity contribution is -0.127. The minimum Gasteiger partial charge on any atom is -0.352 e. The minimum absolute atomic E-state index is 0.0392. The highest BCUT2D eigenvalue weighted by atomic mass is 32.2. The zero-order valence-electron chi connectivity index (χ0n) is 16.3. The largest absolute Gasteiger partial charge is 0.352 e. The summed E-state index contributed by atoms with van der Waals surface area (Å²) in [6.07, 6.45) is -1.26. The van der Waals surface area contributed by atoms with Crippen LogP contribution in [0.25, 0.3) is 0 Å². The minimum atomic E-state index is -3.91. The standard InChI is InChI=1S/C19H24N4O4S2/c1-13-5-6-15(12-14(13)2)19(25)22-9-10-23(18(22)17(24)21-8-7-20)29(26,27)16-4-3-11-28-16/h3-6,11-12,18H,7-10,20H2,1-2H3,(H,21,24). The van der Waals surface area contributed by atoms with E-state index in [1.54, 1.807) is 23.6 Å². The third-order valence-corrected chi connectivity index (χ3v) is 8.11. The molecule has 1 saturated heterocycles. The van der Waals surface area contributed by atoms with Crippen LogP contribution in [0.4, 0.5) is 0 Å². The maximum Gasteiger partial charge on any atom is 0.259 e. The fraction of sp³-hybridized carbons (Fsp3) is 0.368. The van der Waals surface area contributed by atoms with Gasteiger partial charge in [-0.15, -0.1) is 11.3 Å². The van der Waals surface area contributed by atoms with E-state index < -0.39 is 22.1 Å². The number of sulfonamides is 1. The van der Waals surface area contributed by atoms with Gasteiger partial charge in [-0.3, -0.25) is 9.59 Å². The number of benzene rings is 1. The van der Waals surface area contributed by atoms with Gasteiger partial charge in [-0.2, -0.15) is 4.31 Å². The second kappa shape index (κ2) is 8.62. The van der Waals surface area contributed by atoms with E-state index in [0.717, 1.165) is 26.8 Å². The molecule has 2 heterocycles. The average molecular weight is 437 g/mol. The van der Waals surface area contributed by atoms with Gasteiger partial charge < -0.3 is 16.0 Å². The molecule has 1 aromatic carbocycles. The van der Waals surface area contributed by atoms with E-state index in [-0.39, 0.29) is 36.3 Å². The molecular weight excluding hydrogens is 412 g/mol. The number of thiophene rings is 1. The summed E-state index contributed by atoms with van der Waals surface area (Å²) in [5.41, 5.74) is 7.87. The Morgan fingerprint density at radius 1 is 1.21 bits per heavy atom. The average Bonchev–Trinajstić information content (AvgIpc) is 3.38. The number of hydrogen-bond acceptors (Lipinski definition) is 6. The van der Waals surface area contributed by atoms with Gasteiger partial charge in [0.25, 0.3) is 21.8 Å². The number of nitrogens with zero attached hydrogens (tertiary/aromatic N) is 2. The Labute approximate surface area is 174 Å². The van der Waals surface area contributed by atoms with E-state index in [0.29, 0.717) is 5.56 Å². The second-order valence-corrected chi connectivity index (χ2v) is 9.86. The van der Waals surface area contributed by atoms with Crippen molar-refractivity contribution in [3.8, 4) is 0 Å². The van der Waals surface area contributed by atoms with E-state index in [9.17, 15) is 18.0 Å². The molecule has 2 aromatic rings. The molecule has 0 saturated carbocycles. The summed E-state index contributed by atoms with van der Waals surface area (Å²) in [6.45, 7) is 4.40. The van der Waals surface area contributed by atoms with Crippen molar-refractivity contribution < 1.29 is 18.0 Å². The summed E-state index contributed by atoms with van der Waals surface area (Å²) in [5, 5.41) is 4.28. The SMILES string of the molecule is Cc1ccc(C(=O)N2CCN(S(=O)(=O)c3cccs3)C2C(=O)NCCN)cc1C. The highest BCUT2D eigenvalue weighted by Crippen LogP contribution is 2.28. The molecule has 1 aliphatic heterocycles. The fourth-order valence-corrected chi connectivity index (χ4v) is 5.86. The molecule has 156 valence electrons. The molecule has 0 radical (unpaired) electrons. The van der Waals surface area contributed by atoms with Crippen LogP contribution in [0, 0.1) is 13.8 Å². The summed E-state index contributed by atoms with van der Waals surface area (Å²) in [4.78, 5) is 27.3. The van der Waals surface area contributed by atoms with Gasteiger partial charge >= 0.3 is 0 Å². The number of aryl methyl sites for hydroxylation is 2. The Morgan fingerprint density at radius 3 is 2.59 bits per heavy atom. The first-order chi connectivity index (χ1) is 13.8. The predicted molar refractivity (Wildman–Crippen MR) is 111 cm³/mol. The zero-order valence-corrected chi connectivity index (χ0v) is 17.9. The number of nitrogens with one attached hydrogen (secondary N) is 1. The van der Waals surface area contributed by atoms with Gasteiger partial charge in [0.05, 0.1) is 0 Å². The van der Waals surface area contributed by atoms with Crippen LogP contribution in [0.5, 0.6) is 0 Å². The van der Waals surface area contributed by atoms with E-state index >= 15 is 0 Å². The van der Waals surface area contributed by atoms with Gasteiger partial charge in [-0.25, -0.2) is 8.42 Å². The van der Waals surface area contributed by atoms with Crippen LogP contribution < -0.4 is 11.1 Å². The molecule has 1 atom stereocenters. The summed E-state index contributed by atoms with van der Waals surface area (Å²) in [6, 6.07) is 8.40. The van der Waals surface area contributed by atoms with Crippen molar-refractivity contribution in [2.45, 2.75) is 24.2 Å². The van der Waals surface area contributed by atoms with E-state index in [4.69, 9.17) is 5.73 Å². The molecule has 29 heavy (non-hydrogen) atoms.